The molecule has 21 heavy (non-hydrogen) atoms. The molecule has 0 spiro atoms. The van der Waals surface area contributed by atoms with E-state index >= 15 is 0 Å². The maximum absolute atomic E-state index is 11.8. The fraction of sp³-hybridized carbons (Fsp3) is 0.500. The Morgan fingerprint density at radius 3 is 2.19 bits per heavy atom. The lowest BCUT2D eigenvalue weighted by atomic mass is 9.90. The second-order valence-corrected chi connectivity index (χ2v) is 7.06. The summed E-state index contributed by atoms with van der Waals surface area (Å²) in [6.07, 6.45) is -0.112. The summed E-state index contributed by atoms with van der Waals surface area (Å²) in [6.45, 7) is 7.80. The summed E-state index contributed by atoms with van der Waals surface area (Å²) in [5, 5.41) is 0. The van der Waals surface area contributed by atoms with Crippen LogP contribution < -0.4 is 4.52 Å². The molecule has 118 valence electrons. The molecule has 1 rings (SSSR count). The first kappa shape index (κ1) is 17.7. The van der Waals surface area contributed by atoms with Gasteiger partial charge in [-0.3, -0.25) is 14.6 Å². The standard InChI is InChI=1S/C14H21O6P/c1-10(14(2,3)4)19-13(15)9-11-5-7-12(8-6-11)20-21(16,17)18/h5-8,10H,9H2,1-4H3,(H2,16,17,18). The fourth-order valence-electron chi connectivity index (χ4n) is 1.39. The van der Waals surface area contributed by atoms with Crippen LogP contribution in [0.25, 0.3) is 0 Å². The quantitative estimate of drug-likeness (QED) is 0.641. The summed E-state index contributed by atoms with van der Waals surface area (Å²) in [4.78, 5) is 29.2. The van der Waals surface area contributed by atoms with Crippen LogP contribution in [-0.4, -0.2) is 21.9 Å². The highest BCUT2D eigenvalue weighted by Gasteiger charge is 2.23. The summed E-state index contributed by atoms with van der Waals surface area (Å²) in [5.41, 5.74) is 0.552. The van der Waals surface area contributed by atoms with E-state index in [4.69, 9.17) is 14.5 Å². The molecule has 0 fully saturated rings. The molecule has 1 atom stereocenters. The molecule has 2 N–H and O–H groups in total. The molecule has 1 aromatic rings. The van der Waals surface area contributed by atoms with E-state index in [1.807, 2.05) is 27.7 Å². The zero-order chi connectivity index (χ0) is 16.3. The zero-order valence-corrected chi connectivity index (χ0v) is 13.5. The average molecular weight is 316 g/mol. The highest BCUT2D eigenvalue weighted by Crippen LogP contribution is 2.37. The van der Waals surface area contributed by atoms with E-state index in [0.29, 0.717) is 5.56 Å². The first-order valence-electron chi connectivity index (χ1n) is 6.51. The van der Waals surface area contributed by atoms with Gasteiger partial charge in [0.2, 0.25) is 0 Å². The Kier molecular flexibility index (Phi) is 5.56. The van der Waals surface area contributed by atoms with Gasteiger partial charge in [0, 0.05) is 0 Å². The topological polar surface area (TPSA) is 93.1 Å². The molecule has 0 radical (unpaired) electrons. The largest absolute Gasteiger partial charge is 0.524 e. The van der Waals surface area contributed by atoms with Crippen molar-refractivity contribution in [3.63, 3.8) is 0 Å². The third kappa shape index (κ3) is 6.76. The van der Waals surface area contributed by atoms with Crippen molar-refractivity contribution < 1.29 is 28.4 Å². The van der Waals surface area contributed by atoms with E-state index in [9.17, 15) is 9.36 Å². The van der Waals surface area contributed by atoms with Crippen molar-refractivity contribution >= 4 is 13.8 Å². The Bertz CT molecular complexity index is 525. The van der Waals surface area contributed by atoms with Crippen molar-refractivity contribution in [3.05, 3.63) is 29.8 Å². The lowest BCUT2D eigenvalue weighted by molar-refractivity contribution is -0.152. The Balaban J connectivity index is 2.60. The highest BCUT2D eigenvalue weighted by molar-refractivity contribution is 7.46. The summed E-state index contributed by atoms with van der Waals surface area (Å²) < 4.78 is 20.4. The molecule has 0 amide bonds. The van der Waals surface area contributed by atoms with Crippen LogP contribution in [0.4, 0.5) is 0 Å². The van der Waals surface area contributed by atoms with Crippen molar-refractivity contribution in [3.8, 4) is 5.75 Å². The first-order valence-corrected chi connectivity index (χ1v) is 8.04. The minimum Gasteiger partial charge on any atom is -0.462 e. The summed E-state index contributed by atoms with van der Waals surface area (Å²) >= 11 is 0. The zero-order valence-electron chi connectivity index (χ0n) is 12.6. The second kappa shape index (κ2) is 6.60. The van der Waals surface area contributed by atoms with Gasteiger partial charge in [-0.1, -0.05) is 32.9 Å². The van der Waals surface area contributed by atoms with Gasteiger partial charge in [-0.2, -0.15) is 0 Å². The van der Waals surface area contributed by atoms with Gasteiger partial charge < -0.3 is 9.26 Å². The smallest absolute Gasteiger partial charge is 0.462 e. The predicted molar refractivity (Wildman–Crippen MR) is 77.8 cm³/mol. The predicted octanol–water partition coefficient (Wildman–Crippen LogP) is 2.68. The molecule has 0 saturated heterocycles. The number of phosphoric ester groups is 1. The SMILES string of the molecule is CC(OC(=O)Cc1ccc(OP(=O)(O)O)cc1)C(C)(C)C. The minimum atomic E-state index is -4.56. The van der Waals surface area contributed by atoms with E-state index in [1.54, 1.807) is 12.1 Å². The maximum atomic E-state index is 11.8. The third-order valence-corrected chi connectivity index (χ3v) is 3.47. The fourth-order valence-corrected chi connectivity index (χ4v) is 1.78. The molecular weight excluding hydrogens is 295 g/mol. The Hall–Kier alpha value is -1.36. The number of ether oxygens (including phenoxy) is 1. The van der Waals surface area contributed by atoms with Crippen LogP contribution >= 0.6 is 7.82 Å². The Morgan fingerprint density at radius 1 is 1.24 bits per heavy atom. The van der Waals surface area contributed by atoms with Crippen LogP contribution in [0, 0.1) is 5.41 Å². The van der Waals surface area contributed by atoms with Crippen molar-refractivity contribution in [2.24, 2.45) is 5.41 Å². The summed E-state index contributed by atoms with van der Waals surface area (Å²) in [6, 6.07) is 5.92. The molecule has 7 heteroatoms. The highest BCUT2D eigenvalue weighted by atomic mass is 31.2. The lowest BCUT2D eigenvalue weighted by Gasteiger charge is -2.26. The molecule has 0 saturated carbocycles. The number of carbonyl (C=O) groups excluding carboxylic acids is 1. The molecule has 0 aliphatic rings. The van der Waals surface area contributed by atoms with E-state index in [1.165, 1.54) is 12.1 Å². The van der Waals surface area contributed by atoms with E-state index in [0.717, 1.165) is 0 Å². The van der Waals surface area contributed by atoms with Crippen molar-refractivity contribution in [2.45, 2.75) is 40.2 Å². The first-order chi connectivity index (χ1) is 9.47. The Morgan fingerprint density at radius 2 is 1.76 bits per heavy atom. The van der Waals surface area contributed by atoms with E-state index in [2.05, 4.69) is 4.52 Å². The van der Waals surface area contributed by atoms with Crippen LogP contribution in [0.15, 0.2) is 24.3 Å². The van der Waals surface area contributed by atoms with Crippen LogP contribution in [0.5, 0.6) is 5.75 Å². The summed E-state index contributed by atoms with van der Waals surface area (Å²) in [7, 11) is -4.56. The van der Waals surface area contributed by atoms with Crippen LogP contribution in [-0.2, 0) is 20.5 Å². The molecule has 1 unspecified atom stereocenters. The van der Waals surface area contributed by atoms with E-state index in [-0.39, 0.29) is 29.7 Å². The van der Waals surface area contributed by atoms with Crippen molar-refractivity contribution in [1.82, 2.24) is 0 Å². The van der Waals surface area contributed by atoms with E-state index < -0.39 is 7.82 Å². The van der Waals surface area contributed by atoms with Gasteiger partial charge in [-0.25, -0.2) is 4.57 Å². The van der Waals surface area contributed by atoms with Crippen LogP contribution in [0.3, 0.4) is 0 Å². The number of rotatable bonds is 5. The number of carbonyl (C=O) groups is 1. The monoisotopic (exact) mass is 316 g/mol. The molecule has 0 bridgehead atoms. The van der Waals surface area contributed by atoms with Crippen molar-refractivity contribution in [2.75, 3.05) is 0 Å². The number of esters is 1. The summed E-state index contributed by atoms with van der Waals surface area (Å²) in [5.74, 6) is -0.301. The molecule has 0 aliphatic heterocycles. The average Bonchev–Trinajstić information content (AvgIpc) is 2.28. The molecule has 0 heterocycles. The number of benzene rings is 1. The molecule has 6 nitrogen and oxygen atoms in total. The van der Waals surface area contributed by atoms with Crippen LogP contribution in [0.1, 0.15) is 33.3 Å². The maximum Gasteiger partial charge on any atom is 0.524 e. The number of phosphoric acid groups is 1. The Labute approximate surface area is 124 Å². The van der Waals surface area contributed by atoms with Gasteiger partial charge in [0.05, 0.1) is 6.42 Å². The van der Waals surface area contributed by atoms with Gasteiger partial charge in [0.15, 0.2) is 0 Å². The third-order valence-electron chi connectivity index (χ3n) is 3.02. The van der Waals surface area contributed by atoms with Crippen LogP contribution in [0.2, 0.25) is 0 Å². The minimum absolute atomic E-state index is 0.0449. The normalized spacial score (nSPS) is 13.6. The van der Waals surface area contributed by atoms with Gasteiger partial charge in [0.1, 0.15) is 11.9 Å². The second-order valence-electron chi connectivity index (χ2n) is 5.90. The van der Waals surface area contributed by atoms with Gasteiger partial charge >= 0.3 is 13.8 Å². The molecule has 1 aromatic carbocycles. The van der Waals surface area contributed by atoms with Gasteiger partial charge in [-0.05, 0) is 30.0 Å². The lowest BCUT2D eigenvalue weighted by Crippen LogP contribution is -2.29. The number of hydrogen-bond donors (Lipinski definition) is 2. The van der Waals surface area contributed by atoms with Gasteiger partial charge in [0.25, 0.3) is 0 Å². The molecular formula is C14H21O6P. The molecule has 0 aromatic heterocycles. The molecule has 0 aliphatic carbocycles. The van der Waals surface area contributed by atoms with Crippen molar-refractivity contribution in [1.29, 1.82) is 0 Å². The number of hydrogen-bond acceptors (Lipinski definition) is 4. The van der Waals surface area contributed by atoms with Gasteiger partial charge in [-0.15, -0.1) is 0 Å².